The molecule has 6 heteroatoms. The number of hydrogen-bond acceptors (Lipinski definition) is 3. The Morgan fingerprint density at radius 3 is 2.47 bits per heavy atom. The molecular formula is C11H14F3NO2. The number of nitrogen functional groups attached to an aromatic ring is 1. The van der Waals surface area contributed by atoms with Crippen LogP contribution in [0.4, 0.5) is 18.9 Å². The van der Waals surface area contributed by atoms with E-state index in [4.69, 9.17) is 5.73 Å². The molecule has 17 heavy (non-hydrogen) atoms. The highest BCUT2D eigenvalue weighted by Crippen LogP contribution is 2.25. The number of rotatable bonds is 4. The summed E-state index contributed by atoms with van der Waals surface area (Å²) in [7, 11) is 0. The zero-order valence-corrected chi connectivity index (χ0v) is 9.24. The first kappa shape index (κ1) is 13.8. The monoisotopic (exact) mass is 249 g/mol. The van der Waals surface area contributed by atoms with Gasteiger partial charge in [-0.2, -0.15) is 13.2 Å². The van der Waals surface area contributed by atoms with Gasteiger partial charge in [-0.05, 0) is 13.0 Å². The number of alkyl halides is 3. The van der Waals surface area contributed by atoms with Crippen molar-refractivity contribution in [2.75, 3.05) is 12.3 Å². The highest BCUT2D eigenvalue weighted by Gasteiger charge is 2.37. The van der Waals surface area contributed by atoms with E-state index in [2.05, 4.69) is 4.74 Å². The third kappa shape index (κ3) is 3.90. The molecule has 0 bridgehead atoms. The van der Waals surface area contributed by atoms with E-state index in [0.717, 1.165) is 6.92 Å². The van der Waals surface area contributed by atoms with Crippen LogP contribution in [0.2, 0.25) is 0 Å². The van der Waals surface area contributed by atoms with Gasteiger partial charge < -0.3 is 15.6 Å². The molecular weight excluding hydrogens is 235 g/mol. The summed E-state index contributed by atoms with van der Waals surface area (Å²) in [6.07, 6.45) is -7.51. The molecule has 1 rings (SSSR count). The second-order valence-corrected chi connectivity index (χ2v) is 3.66. The molecule has 0 radical (unpaired) electrons. The smallest absolute Gasteiger partial charge is 0.398 e. The minimum Gasteiger partial charge on any atom is -0.398 e. The Balaban J connectivity index is 2.57. The van der Waals surface area contributed by atoms with Crippen LogP contribution < -0.4 is 5.73 Å². The summed E-state index contributed by atoms with van der Waals surface area (Å²) in [5.41, 5.74) is 6.26. The fraction of sp³-hybridized carbons (Fsp3) is 0.455. The van der Waals surface area contributed by atoms with Gasteiger partial charge in [0.2, 0.25) is 0 Å². The lowest BCUT2D eigenvalue weighted by atomic mass is 10.1. The van der Waals surface area contributed by atoms with E-state index in [1.165, 1.54) is 0 Å². The van der Waals surface area contributed by atoms with Crippen molar-refractivity contribution in [1.29, 1.82) is 0 Å². The third-order valence-electron chi connectivity index (χ3n) is 2.32. The molecule has 2 unspecified atom stereocenters. The fourth-order valence-electron chi connectivity index (χ4n) is 1.23. The maximum absolute atomic E-state index is 12.1. The summed E-state index contributed by atoms with van der Waals surface area (Å²) in [5.74, 6) is 0. The van der Waals surface area contributed by atoms with Crippen LogP contribution in [0.25, 0.3) is 0 Å². The van der Waals surface area contributed by atoms with Crippen molar-refractivity contribution in [3.63, 3.8) is 0 Å². The second kappa shape index (κ2) is 5.37. The van der Waals surface area contributed by atoms with Gasteiger partial charge in [-0.25, -0.2) is 0 Å². The Kier molecular flexibility index (Phi) is 4.36. The van der Waals surface area contributed by atoms with Gasteiger partial charge in [-0.3, -0.25) is 0 Å². The number of ether oxygens (including phenoxy) is 1. The quantitative estimate of drug-likeness (QED) is 0.805. The Morgan fingerprint density at radius 2 is 1.94 bits per heavy atom. The van der Waals surface area contributed by atoms with Gasteiger partial charge in [-0.15, -0.1) is 0 Å². The Labute approximate surface area is 97.0 Å². The molecule has 0 heterocycles. The number of hydrogen-bond donors (Lipinski definition) is 2. The molecule has 0 aliphatic rings. The summed E-state index contributed by atoms with van der Waals surface area (Å²) in [6.45, 7) is 0.440. The van der Waals surface area contributed by atoms with Crippen LogP contribution in [0.5, 0.6) is 0 Å². The summed E-state index contributed by atoms with van der Waals surface area (Å²) in [5, 5.41) is 9.64. The molecule has 3 nitrogen and oxygen atoms in total. The van der Waals surface area contributed by atoms with Crippen LogP contribution >= 0.6 is 0 Å². The molecule has 1 aromatic carbocycles. The van der Waals surface area contributed by atoms with E-state index >= 15 is 0 Å². The second-order valence-electron chi connectivity index (χ2n) is 3.66. The average Bonchev–Trinajstić information content (AvgIpc) is 2.24. The zero-order valence-electron chi connectivity index (χ0n) is 9.24. The minimum absolute atomic E-state index is 0.322. The van der Waals surface area contributed by atoms with Crippen molar-refractivity contribution in [3.05, 3.63) is 29.8 Å². The largest absolute Gasteiger partial charge is 0.414 e. The van der Waals surface area contributed by atoms with E-state index in [9.17, 15) is 18.3 Å². The van der Waals surface area contributed by atoms with Crippen LogP contribution in [0.15, 0.2) is 24.3 Å². The van der Waals surface area contributed by atoms with Gasteiger partial charge in [0.25, 0.3) is 0 Å². The number of anilines is 1. The van der Waals surface area contributed by atoms with Gasteiger partial charge in [0.1, 0.15) is 6.10 Å². The Bertz CT molecular complexity index is 368. The van der Waals surface area contributed by atoms with Crippen molar-refractivity contribution in [2.45, 2.75) is 25.3 Å². The molecule has 0 fully saturated rings. The molecule has 2 atom stereocenters. The summed E-state index contributed by atoms with van der Waals surface area (Å²) in [6, 6.07) is 6.42. The van der Waals surface area contributed by atoms with Gasteiger partial charge in [0.05, 0.1) is 6.61 Å². The lowest BCUT2D eigenvalue weighted by Crippen LogP contribution is -2.30. The van der Waals surface area contributed by atoms with Crippen LogP contribution in [0, 0.1) is 0 Å². The van der Waals surface area contributed by atoms with E-state index in [1.54, 1.807) is 24.3 Å². The molecule has 0 aliphatic carbocycles. The first-order valence-corrected chi connectivity index (χ1v) is 5.03. The van der Waals surface area contributed by atoms with Crippen LogP contribution in [0.3, 0.4) is 0 Å². The van der Waals surface area contributed by atoms with Crippen LogP contribution in [-0.4, -0.2) is 24.0 Å². The predicted molar refractivity (Wildman–Crippen MR) is 57.3 cm³/mol. The predicted octanol–water partition coefficient (Wildman–Crippen LogP) is 2.27. The highest BCUT2D eigenvalue weighted by molar-refractivity contribution is 5.47. The molecule has 0 spiro atoms. The van der Waals surface area contributed by atoms with Crippen molar-refractivity contribution in [1.82, 2.24) is 0 Å². The first-order chi connectivity index (χ1) is 7.82. The third-order valence-corrected chi connectivity index (χ3v) is 2.32. The standard InChI is InChI=1S/C11H14F3NO2/c1-7(11(12,13)14)17-6-10(16)8-4-2-3-5-9(8)15/h2-5,7,10,16H,6,15H2,1H3. The van der Waals surface area contributed by atoms with E-state index in [-0.39, 0.29) is 0 Å². The maximum Gasteiger partial charge on any atom is 0.414 e. The summed E-state index contributed by atoms with van der Waals surface area (Å²) < 4.78 is 41.0. The average molecular weight is 249 g/mol. The molecule has 0 saturated heterocycles. The molecule has 3 N–H and O–H groups in total. The lowest BCUT2D eigenvalue weighted by Gasteiger charge is -2.19. The molecule has 0 amide bonds. The Hall–Kier alpha value is -1.27. The van der Waals surface area contributed by atoms with Crippen molar-refractivity contribution in [2.24, 2.45) is 0 Å². The van der Waals surface area contributed by atoms with Crippen LogP contribution in [-0.2, 0) is 4.74 Å². The summed E-state index contributed by atoms with van der Waals surface area (Å²) in [4.78, 5) is 0. The van der Waals surface area contributed by atoms with E-state index < -0.39 is 25.0 Å². The van der Waals surface area contributed by atoms with Gasteiger partial charge in [0.15, 0.2) is 6.10 Å². The topological polar surface area (TPSA) is 55.5 Å². The number of para-hydroxylation sites is 1. The number of halogens is 3. The van der Waals surface area contributed by atoms with Crippen molar-refractivity contribution < 1.29 is 23.0 Å². The number of aliphatic hydroxyl groups excluding tert-OH is 1. The summed E-state index contributed by atoms with van der Waals surface area (Å²) >= 11 is 0. The van der Waals surface area contributed by atoms with E-state index in [1.807, 2.05) is 0 Å². The van der Waals surface area contributed by atoms with E-state index in [0.29, 0.717) is 11.3 Å². The molecule has 0 aromatic heterocycles. The normalized spacial score (nSPS) is 15.6. The number of nitrogens with two attached hydrogens (primary N) is 1. The molecule has 0 aliphatic heterocycles. The van der Waals surface area contributed by atoms with Crippen molar-refractivity contribution in [3.8, 4) is 0 Å². The lowest BCUT2D eigenvalue weighted by molar-refractivity contribution is -0.219. The number of aliphatic hydroxyl groups is 1. The van der Waals surface area contributed by atoms with Crippen LogP contribution in [0.1, 0.15) is 18.6 Å². The fourth-order valence-corrected chi connectivity index (χ4v) is 1.23. The zero-order chi connectivity index (χ0) is 13.1. The van der Waals surface area contributed by atoms with Crippen molar-refractivity contribution >= 4 is 5.69 Å². The maximum atomic E-state index is 12.1. The highest BCUT2D eigenvalue weighted by atomic mass is 19.4. The molecule has 96 valence electrons. The van der Waals surface area contributed by atoms with Gasteiger partial charge >= 0.3 is 6.18 Å². The number of benzene rings is 1. The SMILES string of the molecule is CC(OCC(O)c1ccccc1N)C(F)(F)F. The Morgan fingerprint density at radius 1 is 1.35 bits per heavy atom. The van der Waals surface area contributed by atoms with Gasteiger partial charge in [-0.1, -0.05) is 18.2 Å². The molecule has 1 aromatic rings. The molecule has 0 saturated carbocycles. The van der Waals surface area contributed by atoms with Gasteiger partial charge in [0, 0.05) is 11.3 Å². The first-order valence-electron chi connectivity index (χ1n) is 5.03. The minimum atomic E-state index is -4.43.